The van der Waals surface area contributed by atoms with Crippen molar-refractivity contribution in [3.63, 3.8) is 0 Å². The standard InChI is InChI=1S/C16H17N5O/c1-20-15(18-14-5-3-2-4-12(14)16(20)22)10-21-7-6-13-11(9-21)8-17-19-13/h2-5,8H,6-7,9-10H2,1H3,(H,17,19). The Balaban J connectivity index is 1.68. The summed E-state index contributed by atoms with van der Waals surface area (Å²) in [6.07, 6.45) is 2.84. The Labute approximate surface area is 127 Å². The van der Waals surface area contributed by atoms with Crippen LogP contribution >= 0.6 is 0 Å². The number of nitrogens with zero attached hydrogens (tertiary/aromatic N) is 4. The van der Waals surface area contributed by atoms with Crippen LogP contribution in [0.5, 0.6) is 0 Å². The van der Waals surface area contributed by atoms with Gasteiger partial charge in [-0.05, 0) is 12.1 Å². The van der Waals surface area contributed by atoms with E-state index in [2.05, 4.69) is 20.1 Å². The first-order chi connectivity index (χ1) is 10.7. The maximum Gasteiger partial charge on any atom is 0.261 e. The molecule has 0 fully saturated rings. The van der Waals surface area contributed by atoms with Crippen LogP contribution < -0.4 is 5.56 Å². The molecule has 0 aliphatic carbocycles. The molecule has 3 aromatic rings. The Kier molecular flexibility index (Phi) is 3.04. The predicted molar refractivity (Wildman–Crippen MR) is 83.4 cm³/mol. The summed E-state index contributed by atoms with van der Waals surface area (Å²) in [5, 5.41) is 7.81. The van der Waals surface area contributed by atoms with Crippen LogP contribution in [0.1, 0.15) is 17.1 Å². The van der Waals surface area contributed by atoms with Crippen molar-refractivity contribution in [3.8, 4) is 0 Å². The van der Waals surface area contributed by atoms with E-state index >= 15 is 0 Å². The molecule has 1 aliphatic heterocycles. The van der Waals surface area contributed by atoms with Crippen LogP contribution in [0, 0.1) is 0 Å². The lowest BCUT2D eigenvalue weighted by molar-refractivity contribution is 0.235. The summed E-state index contributed by atoms with van der Waals surface area (Å²) in [7, 11) is 1.80. The number of para-hydroxylation sites is 1. The number of nitrogens with one attached hydrogen (secondary N) is 1. The van der Waals surface area contributed by atoms with E-state index in [1.807, 2.05) is 30.5 Å². The average Bonchev–Trinajstić information content (AvgIpc) is 3.00. The summed E-state index contributed by atoms with van der Waals surface area (Å²) in [6, 6.07) is 7.51. The van der Waals surface area contributed by atoms with Crippen molar-refractivity contribution in [2.24, 2.45) is 7.05 Å². The summed E-state index contributed by atoms with van der Waals surface area (Å²) in [4.78, 5) is 19.4. The molecule has 22 heavy (non-hydrogen) atoms. The highest BCUT2D eigenvalue weighted by Gasteiger charge is 2.19. The van der Waals surface area contributed by atoms with Crippen molar-refractivity contribution in [3.05, 3.63) is 57.9 Å². The third-order valence-corrected chi connectivity index (χ3v) is 4.32. The van der Waals surface area contributed by atoms with Crippen LogP contribution in [0.4, 0.5) is 0 Å². The van der Waals surface area contributed by atoms with Gasteiger partial charge in [0.2, 0.25) is 0 Å². The molecule has 2 aromatic heterocycles. The molecular weight excluding hydrogens is 278 g/mol. The molecule has 3 heterocycles. The van der Waals surface area contributed by atoms with Crippen molar-refractivity contribution in [1.82, 2.24) is 24.6 Å². The van der Waals surface area contributed by atoms with E-state index in [1.54, 1.807) is 11.6 Å². The van der Waals surface area contributed by atoms with Gasteiger partial charge in [0, 0.05) is 37.8 Å². The highest BCUT2D eigenvalue weighted by molar-refractivity contribution is 5.77. The van der Waals surface area contributed by atoms with Crippen LogP contribution in [-0.4, -0.2) is 31.2 Å². The monoisotopic (exact) mass is 295 g/mol. The van der Waals surface area contributed by atoms with Gasteiger partial charge < -0.3 is 0 Å². The van der Waals surface area contributed by atoms with Gasteiger partial charge in [-0.25, -0.2) is 4.98 Å². The van der Waals surface area contributed by atoms with Crippen molar-refractivity contribution in [2.75, 3.05) is 6.54 Å². The second-order valence-corrected chi connectivity index (χ2v) is 5.74. The van der Waals surface area contributed by atoms with Gasteiger partial charge in [-0.2, -0.15) is 5.10 Å². The molecule has 0 amide bonds. The fourth-order valence-corrected chi connectivity index (χ4v) is 3.02. The fourth-order valence-electron chi connectivity index (χ4n) is 3.02. The van der Waals surface area contributed by atoms with Gasteiger partial charge >= 0.3 is 0 Å². The zero-order valence-electron chi connectivity index (χ0n) is 12.4. The minimum Gasteiger partial charge on any atom is -0.298 e. The number of hydrogen-bond acceptors (Lipinski definition) is 4. The van der Waals surface area contributed by atoms with Crippen LogP contribution in [0.2, 0.25) is 0 Å². The number of benzene rings is 1. The summed E-state index contributed by atoms with van der Waals surface area (Å²) in [6.45, 7) is 2.45. The van der Waals surface area contributed by atoms with Gasteiger partial charge in [-0.15, -0.1) is 0 Å². The zero-order chi connectivity index (χ0) is 15.1. The zero-order valence-corrected chi connectivity index (χ0v) is 12.4. The van der Waals surface area contributed by atoms with Gasteiger partial charge in [-0.1, -0.05) is 12.1 Å². The quantitative estimate of drug-likeness (QED) is 0.772. The molecule has 1 aromatic carbocycles. The smallest absolute Gasteiger partial charge is 0.261 e. The Morgan fingerprint density at radius 2 is 2.18 bits per heavy atom. The number of H-pyrrole nitrogens is 1. The van der Waals surface area contributed by atoms with E-state index < -0.39 is 0 Å². The second kappa shape index (κ2) is 5.06. The Bertz CT molecular complexity index is 895. The normalized spacial score (nSPS) is 15.1. The van der Waals surface area contributed by atoms with E-state index in [0.29, 0.717) is 11.9 Å². The highest BCUT2D eigenvalue weighted by Crippen LogP contribution is 2.18. The largest absolute Gasteiger partial charge is 0.298 e. The second-order valence-electron chi connectivity index (χ2n) is 5.74. The van der Waals surface area contributed by atoms with Gasteiger partial charge in [0.1, 0.15) is 5.82 Å². The van der Waals surface area contributed by atoms with Gasteiger partial charge in [0.05, 0.1) is 23.6 Å². The van der Waals surface area contributed by atoms with Crippen molar-refractivity contribution in [2.45, 2.75) is 19.5 Å². The summed E-state index contributed by atoms with van der Waals surface area (Å²) in [5.74, 6) is 0.802. The predicted octanol–water partition coefficient (Wildman–Crippen LogP) is 1.21. The van der Waals surface area contributed by atoms with Crippen LogP contribution in [0.15, 0.2) is 35.3 Å². The van der Waals surface area contributed by atoms with E-state index in [1.165, 1.54) is 11.3 Å². The van der Waals surface area contributed by atoms with E-state index in [-0.39, 0.29) is 5.56 Å². The number of rotatable bonds is 2. The molecule has 0 atom stereocenters. The van der Waals surface area contributed by atoms with Gasteiger partial charge in [0.25, 0.3) is 5.56 Å². The third kappa shape index (κ3) is 2.12. The maximum atomic E-state index is 12.4. The number of aromatic amines is 1. The molecule has 0 bridgehead atoms. The number of aromatic nitrogens is 4. The lowest BCUT2D eigenvalue weighted by atomic mass is 10.1. The summed E-state index contributed by atoms with van der Waals surface area (Å²) in [5.41, 5.74) is 3.23. The molecule has 112 valence electrons. The average molecular weight is 295 g/mol. The van der Waals surface area contributed by atoms with Gasteiger partial charge in [-0.3, -0.25) is 19.4 Å². The van der Waals surface area contributed by atoms with E-state index in [0.717, 1.165) is 30.9 Å². The first-order valence-corrected chi connectivity index (χ1v) is 7.40. The van der Waals surface area contributed by atoms with Crippen LogP contribution in [0.25, 0.3) is 10.9 Å². The molecule has 0 saturated carbocycles. The SMILES string of the molecule is Cn1c(CN2CCc3[nH]ncc3C2)nc2ccccc2c1=O. The molecule has 6 heteroatoms. The molecule has 0 saturated heterocycles. The van der Waals surface area contributed by atoms with E-state index in [4.69, 9.17) is 0 Å². The lowest BCUT2D eigenvalue weighted by Gasteiger charge is -2.26. The first-order valence-electron chi connectivity index (χ1n) is 7.40. The third-order valence-electron chi connectivity index (χ3n) is 4.32. The number of fused-ring (bicyclic) bond motifs is 2. The molecule has 0 unspecified atom stereocenters. The van der Waals surface area contributed by atoms with Crippen molar-refractivity contribution >= 4 is 10.9 Å². The molecule has 6 nitrogen and oxygen atoms in total. The van der Waals surface area contributed by atoms with Crippen molar-refractivity contribution < 1.29 is 0 Å². The molecule has 4 rings (SSSR count). The Hall–Kier alpha value is -2.47. The minimum atomic E-state index is 0.0154. The topological polar surface area (TPSA) is 66.8 Å². The molecule has 0 radical (unpaired) electrons. The van der Waals surface area contributed by atoms with Gasteiger partial charge in [0.15, 0.2) is 0 Å². The maximum absolute atomic E-state index is 12.4. The van der Waals surface area contributed by atoms with Crippen LogP contribution in [-0.2, 0) is 26.6 Å². The van der Waals surface area contributed by atoms with Crippen molar-refractivity contribution in [1.29, 1.82) is 0 Å². The molecule has 0 spiro atoms. The first kappa shape index (κ1) is 13.2. The van der Waals surface area contributed by atoms with E-state index in [9.17, 15) is 4.79 Å². The lowest BCUT2D eigenvalue weighted by Crippen LogP contribution is -2.33. The highest BCUT2D eigenvalue weighted by atomic mass is 16.1. The molecule has 1 aliphatic rings. The Morgan fingerprint density at radius 1 is 1.32 bits per heavy atom. The fraction of sp³-hybridized carbons (Fsp3) is 0.312. The number of hydrogen-bond donors (Lipinski definition) is 1. The van der Waals surface area contributed by atoms with Crippen LogP contribution in [0.3, 0.4) is 0 Å². The minimum absolute atomic E-state index is 0.0154. The summed E-state index contributed by atoms with van der Waals surface area (Å²) < 4.78 is 1.66. The summed E-state index contributed by atoms with van der Waals surface area (Å²) >= 11 is 0. The Morgan fingerprint density at radius 3 is 3.09 bits per heavy atom. The molecule has 1 N–H and O–H groups in total. The molecular formula is C16H17N5O.